The average Bonchev–Trinajstić information content (AvgIpc) is 3.34. The van der Waals surface area contributed by atoms with Crippen LogP contribution in [-0.4, -0.2) is 53.1 Å². The molecule has 5 atom stereocenters. The lowest BCUT2D eigenvalue weighted by Crippen LogP contribution is -2.49. The van der Waals surface area contributed by atoms with Crippen LogP contribution in [0.25, 0.3) is 0 Å². The highest BCUT2D eigenvalue weighted by atomic mass is 28.4. The molecular formula is C42H74O5Si2. The van der Waals surface area contributed by atoms with E-state index in [0.717, 1.165) is 50.5 Å². The van der Waals surface area contributed by atoms with Gasteiger partial charge in [-0.3, -0.25) is 4.79 Å². The first-order valence-corrected chi connectivity index (χ1v) is 25.2. The fraction of sp³-hybridized carbons (Fsp3) is 0.786. The highest BCUT2D eigenvalue weighted by Crippen LogP contribution is 2.56. The third kappa shape index (κ3) is 10.00. The summed E-state index contributed by atoms with van der Waals surface area (Å²) in [5, 5.41) is 0.278. The Morgan fingerprint density at radius 1 is 1.00 bits per heavy atom. The molecule has 0 bridgehead atoms. The van der Waals surface area contributed by atoms with E-state index in [2.05, 4.69) is 120 Å². The topological polar surface area (TPSA) is 54.0 Å². The molecule has 0 aromatic rings. The van der Waals surface area contributed by atoms with Gasteiger partial charge in [-0.15, -0.1) is 0 Å². The predicted molar refractivity (Wildman–Crippen MR) is 212 cm³/mol. The first-order valence-electron chi connectivity index (χ1n) is 19.4. The van der Waals surface area contributed by atoms with Gasteiger partial charge in [-0.1, -0.05) is 92.7 Å². The summed E-state index contributed by atoms with van der Waals surface area (Å²) in [6.45, 7) is 39.1. The van der Waals surface area contributed by atoms with Gasteiger partial charge in [0.05, 0.1) is 31.3 Å². The van der Waals surface area contributed by atoms with Gasteiger partial charge in [0.1, 0.15) is 5.60 Å². The van der Waals surface area contributed by atoms with Gasteiger partial charge in [0.15, 0.2) is 16.6 Å². The number of carbonyl (C=O) groups is 1. The lowest BCUT2D eigenvalue weighted by Gasteiger charge is -2.45. The second kappa shape index (κ2) is 15.8. The van der Waals surface area contributed by atoms with Crippen molar-refractivity contribution >= 4 is 22.6 Å². The number of hydrogen-bond acceptors (Lipinski definition) is 5. The molecule has 2 saturated carbocycles. The van der Waals surface area contributed by atoms with Gasteiger partial charge in [-0.05, 0) is 123 Å². The van der Waals surface area contributed by atoms with Crippen molar-refractivity contribution in [3.05, 3.63) is 47.1 Å². The maximum Gasteiger partial charge on any atom is 0.308 e. The molecule has 0 aromatic carbocycles. The van der Waals surface area contributed by atoms with Crippen LogP contribution in [-0.2, 0) is 23.1 Å². The van der Waals surface area contributed by atoms with Crippen LogP contribution in [0, 0.1) is 11.3 Å². The summed E-state index contributed by atoms with van der Waals surface area (Å²) >= 11 is 0. The van der Waals surface area contributed by atoms with E-state index in [1.165, 1.54) is 23.1 Å². The summed E-state index contributed by atoms with van der Waals surface area (Å²) in [6, 6.07) is 0. The van der Waals surface area contributed by atoms with Crippen LogP contribution in [0.1, 0.15) is 134 Å². The van der Waals surface area contributed by atoms with Crippen LogP contribution in [0.3, 0.4) is 0 Å². The Morgan fingerprint density at radius 2 is 1.59 bits per heavy atom. The summed E-state index contributed by atoms with van der Waals surface area (Å²) in [5.41, 5.74) is 5.03. The van der Waals surface area contributed by atoms with Crippen LogP contribution in [0.15, 0.2) is 47.1 Å². The maximum atomic E-state index is 12.6. The molecule has 49 heavy (non-hydrogen) atoms. The largest absolute Gasteiger partial charge is 0.459 e. The van der Waals surface area contributed by atoms with Crippen molar-refractivity contribution in [3.8, 4) is 0 Å². The number of ether oxygens (including phenoxy) is 2. The lowest BCUT2D eigenvalue weighted by molar-refractivity contribution is -0.160. The van der Waals surface area contributed by atoms with Crippen LogP contribution < -0.4 is 0 Å². The van der Waals surface area contributed by atoms with E-state index in [0.29, 0.717) is 12.5 Å². The van der Waals surface area contributed by atoms with E-state index in [9.17, 15) is 4.79 Å². The van der Waals surface area contributed by atoms with Gasteiger partial charge in [-0.2, -0.15) is 0 Å². The molecule has 3 aliphatic carbocycles. The van der Waals surface area contributed by atoms with E-state index in [1.54, 1.807) is 0 Å². The van der Waals surface area contributed by atoms with E-state index in [-0.39, 0.29) is 46.2 Å². The van der Waals surface area contributed by atoms with Gasteiger partial charge in [0.2, 0.25) is 0 Å². The molecule has 3 rings (SSSR count). The Balaban J connectivity index is 1.79. The van der Waals surface area contributed by atoms with Crippen LogP contribution in [0.5, 0.6) is 0 Å². The summed E-state index contributed by atoms with van der Waals surface area (Å²) in [5.74, 6) is 0.298. The Bertz CT molecular complexity index is 1270. The van der Waals surface area contributed by atoms with Crippen molar-refractivity contribution in [1.82, 2.24) is 0 Å². The van der Waals surface area contributed by atoms with Crippen molar-refractivity contribution < 1.29 is 23.1 Å². The van der Waals surface area contributed by atoms with Crippen molar-refractivity contribution in [3.63, 3.8) is 0 Å². The molecule has 3 aliphatic rings. The molecule has 0 spiro atoms. The quantitative estimate of drug-likeness (QED) is 0.108. The van der Waals surface area contributed by atoms with Crippen LogP contribution in [0.4, 0.5) is 0 Å². The maximum absolute atomic E-state index is 12.6. The van der Waals surface area contributed by atoms with Crippen molar-refractivity contribution in [2.24, 2.45) is 11.3 Å². The minimum atomic E-state index is -2.01. The first kappa shape index (κ1) is 42.2. The van der Waals surface area contributed by atoms with Crippen molar-refractivity contribution in [1.29, 1.82) is 0 Å². The SMILES string of the molecule is C=C1/C(=C\C=C2/CCC[C@]3(C)C(C(C)OCCC(=O)OC(C)(CC)CC)=CC[C@@H]23)C[C@@H](O[Si](C)(C)C(C)(C)C)C[C@@H]1O[Si](C)(C)C(C)(C)C. The van der Waals surface area contributed by atoms with Gasteiger partial charge >= 0.3 is 5.97 Å². The van der Waals surface area contributed by atoms with Crippen LogP contribution in [0.2, 0.25) is 36.3 Å². The first-order chi connectivity index (χ1) is 22.4. The normalized spacial score (nSPS) is 28.1. The number of fused-ring (bicyclic) bond motifs is 1. The molecule has 0 heterocycles. The van der Waals surface area contributed by atoms with Crippen LogP contribution >= 0.6 is 0 Å². The van der Waals surface area contributed by atoms with E-state index >= 15 is 0 Å². The zero-order valence-corrected chi connectivity index (χ0v) is 36.4. The van der Waals surface area contributed by atoms with E-state index in [4.69, 9.17) is 18.3 Å². The highest BCUT2D eigenvalue weighted by molar-refractivity contribution is 6.74. The summed E-state index contributed by atoms with van der Waals surface area (Å²) in [6.07, 6.45) is 15.5. The van der Waals surface area contributed by atoms with Gasteiger partial charge in [0, 0.05) is 6.42 Å². The fourth-order valence-corrected chi connectivity index (χ4v) is 10.0. The molecule has 7 heteroatoms. The zero-order chi connectivity index (χ0) is 37.2. The van der Waals surface area contributed by atoms with Crippen molar-refractivity contribution in [2.45, 2.75) is 194 Å². The number of carbonyl (C=O) groups excluding carboxylic acids is 1. The minimum Gasteiger partial charge on any atom is -0.459 e. The van der Waals surface area contributed by atoms with Gasteiger partial charge in [-0.25, -0.2) is 0 Å². The molecule has 5 nitrogen and oxygen atoms in total. The Morgan fingerprint density at radius 3 is 2.16 bits per heavy atom. The molecule has 2 fully saturated rings. The molecule has 280 valence electrons. The minimum absolute atomic E-state index is 0.0154. The smallest absolute Gasteiger partial charge is 0.308 e. The zero-order valence-electron chi connectivity index (χ0n) is 34.4. The Hall–Kier alpha value is -1.26. The third-order valence-electron chi connectivity index (χ3n) is 13.3. The molecule has 0 amide bonds. The molecular weight excluding hydrogens is 641 g/mol. The Labute approximate surface area is 304 Å². The highest BCUT2D eigenvalue weighted by Gasteiger charge is 2.47. The number of allylic oxidation sites excluding steroid dienone is 4. The second-order valence-electron chi connectivity index (χ2n) is 18.9. The number of esters is 1. The fourth-order valence-electron chi connectivity index (χ4n) is 7.38. The molecule has 0 saturated heterocycles. The summed E-state index contributed by atoms with van der Waals surface area (Å²) < 4.78 is 26.2. The van der Waals surface area contributed by atoms with Gasteiger partial charge in [0.25, 0.3) is 0 Å². The summed E-state index contributed by atoms with van der Waals surface area (Å²) in [4.78, 5) is 12.6. The number of hydrogen-bond donors (Lipinski definition) is 0. The standard InChI is InChI=1S/C42H74O5Si2/c1-17-41(11,18-2)45-38(43)25-27-44-31(4)35-23-24-36-32(20-19-26-42(35,36)12)21-22-33-28-34(46-48(13,14)39(5,6)7)29-37(30(33)3)47-49(15,16)40(8,9)10/h21-23,31,34,36-37H,3,17-20,24-29H2,1-2,4-16H3/b32-21+,33-22-/t31?,34-,36+,37+,42-/m1/s1. The molecule has 0 aliphatic heterocycles. The molecule has 0 aromatic heterocycles. The van der Waals surface area contributed by atoms with Crippen molar-refractivity contribution in [2.75, 3.05) is 6.61 Å². The predicted octanol–water partition coefficient (Wildman–Crippen LogP) is 12.0. The molecule has 1 unspecified atom stereocenters. The molecule has 0 N–H and O–H groups in total. The Kier molecular flexibility index (Phi) is 13.6. The third-order valence-corrected chi connectivity index (χ3v) is 22.3. The number of rotatable bonds is 13. The van der Waals surface area contributed by atoms with Gasteiger partial charge < -0.3 is 18.3 Å². The van der Waals surface area contributed by atoms with E-state index in [1.807, 2.05) is 6.92 Å². The average molecular weight is 715 g/mol. The summed E-state index contributed by atoms with van der Waals surface area (Å²) in [7, 11) is -3.97. The second-order valence-corrected chi connectivity index (χ2v) is 28.4. The van der Waals surface area contributed by atoms with E-state index < -0.39 is 22.2 Å². The molecule has 0 radical (unpaired) electrons. The lowest BCUT2D eigenvalue weighted by atomic mass is 9.63. The monoisotopic (exact) mass is 715 g/mol.